The van der Waals surface area contributed by atoms with E-state index >= 15 is 0 Å². The standard InChI is InChI=1S/C13H13FN2O2/c1-2-6-15-7-8-16(13(18)12(15)17)11-5-3-4-10(14)9-11/h3-5,7-9H,2,6H2,1H3. The molecule has 0 atom stereocenters. The number of hydrogen-bond acceptors (Lipinski definition) is 2. The average Bonchev–Trinajstić information content (AvgIpc) is 2.35. The van der Waals surface area contributed by atoms with E-state index in [0.717, 1.165) is 11.0 Å². The van der Waals surface area contributed by atoms with E-state index in [1.807, 2.05) is 6.92 Å². The first-order chi connectivity index (χ1) is 8.63. The molecule has 0 bridgehead atoms. The molecule has 18 heavy (non-hydrogen) atoms. The molecule has 0 aliphatic heterocycles. The minimum atomic E-state index is -0.670. The molecule has 1 heterocycles. The summed E-state index contributed by atoms with van der Waals surface area (Å²) >= 11 is 0. The third-order valence-corrected chi connectivity index (χ3v) is 2.61. The van der Waals surface area contributed by atoms with Crippen LogP contribution in [0.2, 0.25) is 0 Å². The van der Waals surface area contributed by atoms with Gasteiger partial charge in [0, 0.05) is 18.9 Å². The normalized spacial score (nSPS) is 10.6. The van der Waals surface area contributed by atoms with E-state index in [1.165, 1.54) is 35.2 Å². The van der Waals surface area contributed by atoms with Crippen LogP contribution in [0.15, 0.2) is 46.2 Å². The van der Waals surface area contributed by atoms with Crippen molar-refractivity contribution in [3.05, 3.63) is 63.2 Å². The zero-order valence-corrected chi connectivity index (χ0v) is 9.97. The molecule has 0 aliphatic carbocycles. The molecule has 0 amide bonds. The summed E-state index contributed by atoms with van der Waals surface area (Å²) in [6.45, 7) is 2.42. The first-order valence-electron chi connectivity index (χ1n) is 5.71. The van der Waals surface area contributed by atoms with Gasteiger partial charge in [-0.25, -0.2) is 4.39 Å². The number of hydrogen-bond donors (Lipinski definition) is 0. The number of benzene rings is 1. The molecule has 4 nitrogen and oxygen atoms in total. The summed E-state index contributed by atoms with van der Waals surface area (Å²) in [6.07, 6.45) is 3.79. The summed E-state index contributed by atoms with van der Waals surface area (Å²) in [4.78, 5) is 23.7. The second-order valence-corrected chi connectivity index (χ2v) is 3.95. The van der Waals surface area contributed by atoms with E-state index in [-0.39, 0.29) is 0 Å². The summed E-state index contributed by atoms with van der Waals surface area (Å²) in [5.41, 5.74) is -0.916. The molecular weight excluding hydrogens is 235 g/mol. The Bertz CT molecular complexity index is 673. The van der Waals surface area contributed by atoms with Crippen LogP contribution < -0.4 is 11.1 Å². The van der Waals surface area contributed by atoms with Gasteiger partial charge in [-0.3, -0.25) is 14.2 Å². The third-order valence-electron chi connectivity index (χ3n) is 2.61. The maximum atomic E-state index is 13.1. The number of aromatic nitrogens is 2. The van der Waals surface area contributed by atoms with Gasteiger partial charge in [-0.05, 0) is 24.6 Å². The van der Waals surface area contributed by atoms with Crippen LogP contribution in [0, 0.1) is 5.82 Å². The van der Waals surface area contributed by atoms with Crippen molar-refractivity contribution in [1.29, 1.82) is 0 Å². The van der Waals surface area contributed by atoms with Gasteiger partial charge in [0.05, 0.1) is 5.69 Å². The lowest BCUT2D eigenvalue weighted by molar-refractivity contribution is 0.621. The van der Waals surface area contributed by atoms with Gasteiger partial charge in [-0.15, -0.1) is 0 Å². The minimum absolute atomic E-state index is 0.348. The maximum absolute atomic E-state index is 13.1. The van der Waals surface area contributed by atoms with Crippen LogP contribution in [0.3, 0.4) is 0 Å². The predicted molar refractivity (Wildman–Crippen MR) is 66.5 cm³/mol. The summed E-state index contributed by atoms with van der Waals surface area (Å²) < 4.78 is 15.6. The van der Waals surface area contributed by atoms with Crippen molar-refractivity contribution in [3.8, 4) is 5.69 Å². The fourth-order valence-corrected chi connectivity index (χ4v) is 1.75. The van der Waals surface area contributed by atoms with E-state index in [1.54, 1.807) is 6.07 Å². The number of aryl methyl sites for hydroxylation is 1. The van der Waals surface area contributed by atoms with Crippen molar-refractivity contribution in [1.82, 2.24) is 9.13 Å². The topological polar surface area (TPSA) is 44.0 Å². The molecule has 0 unspecified atom stereocenters. The highest BCUT2D eigenvalue weighted by molar-refractivity contribution is 5.31. The highest BCUT2D eigenvalue weighted by atomic mass is 19.1. The Morgan fingerprint density at radius 2 is 1.94 bits per heavy atom. The number of rotatable bonds is 3. The van der Waals surface area contributed by atoms with E-state index < -0.39 is 16.9 Å². The van der Waals surface area contributed by atoms with Gasteiger partial charge in [0.1, 0.15) is 5.82 Å². The SMILES string of the molecule is CCCn1ccn(-c2cccc(F)c2)c(=O)c1=O. The molecule has 94 valence electrons. The Hall–Kier alpha value is -2.17. The quantitative estimate of drug-likeness (QED) is 0.773. The van der Waals surface area contributed by atoms with Crippen molar-refractivity contribution in [3.63, 3.8) is 0 Å². The molecule has 2 rings (SSSR count). The monoisotopic (exact) mass is 248 g/mol. The lowest BCUT2D eigenvalue weighted by Gasteiger charge is -2.08. The van der Waals surface area contributed by atoms with Crippen LogP contribution in [-0.2, 0) is 6.54 Å². The van der Waals surface area contributed by atoms with Gasteiger partial charge >= 0.3 is 11.1 Å². The van der Waals surface area contributed by atoms with Gasteiger partial charge in [-0.1, -0.05) is 13.0 Å². The number of nitrogens with zero attached hydrogens (tertiary/aromatic N) is 2. The van der Waals surface area contributed by atoms with E-state index in [2.05, 4.69) is 0 Å². The fourth-order valence-electron chi connectivity index (χ4n) is 1.75. The van der Waals surface area contributed by atoms with Crippen molar-refractivity contribution >= 4 is 0 Å². The van der Waals surface area contributed by atoms with E-state index in [4.69, 9.17) is 0 Å². The Morgan fingerprint density at radius 3 is 2.61 bits per heavy atom. The van der Waals surface area contributed by atoms with Crippen LogP contribution in [0.4, 0.5) is 4.39 Å². The lowest BCUT2D eigenvalue weighted by Crippen LogP contribution is -2.39. The molecule has 0 fully saturated rings. The smallest absolute Gasteiger partial charge is 0.309 e. The minimum Gasteiger partial charge on any atom is -0.309 e. The van der Waals surface area contributed by atoms with Gasteiger partial charge in [0.2, 0.25) is 0 Å². The van der Waals surface area contributed by atoms with Crippen molar-refractivity contribution in [2.75, 3.05) is 0 Å². The van der Waals surface area contributed by atoms with Gasteiger partial charge < -0.3 is 4.57 Å². The Balaban J connectivity index is 2.58. The van der Waals surface area contributed by atoms with Gasteiger partial charge in [0.25, 0.3) is 0 Å². The zero-order valence-electron chi connectivity index (χ0n) is 9.97. The van der Waals surface area contributed by atoms with Crippen LogP contribution in [0.5, 0.6) is 0 Å². The van der Waals surface area contributed by atoms with Gasteiger partial charge in [0.15, 0.2) is 0 Å². The summed E-state index contributed by atoms with van der Waals surface area (Å²) in [6, 6.07) is 5.57. The Kier molecular flexibility index (Phi) is 3.41. The highest BCUT2D eigenvalue weighted by Crippen LogP contribution is 2.06. The van der Waals surface area contributed by atoms with Crippen molar-refractivity contribution in [2.24, 2.45) is 0 Å². The number of halogens is 1. The van der Waals surface area contributed by atoms with Crippen LogP contribution >= 0.6 is 0 Å². The molecule has 0 aliphatic rings. The molecule has 1 aromatic carbocycles. The summed E-state index contributed by atoms with van der Waals surface area (Å²) in [5.74, 6) is -0.447. The first kappa shape index (κ1) is 12.3. The van der Waals surface area contributed by atoms with E-state index in [0.29, 0.717) is 12.2 Å². The highest BCUT2D eigenvalue weighted by Gasteiger charge is 2.06. The van der Waals surface area contributed by atoms with Crippen LogP contribution in [0.25, 0.3) is 5.69 Å². The largest absolute Gasteiger partial charge is 0.320 e. The summed E-state index contributed by atoms with van der Waals surface area (Å²) in [7, 11) is 0. The molecule has 0 radical (unpaired) electrons. The molecule has 5 heteroatoms. The fraction of sp³-hybridized carbons (Fsp3) is 0.231. The molecule has 0 saturated carbocycles. The van der Waals surface area contributed by atoms with Crippen molar-refractivity contribution in [2.45, 2.75) is 19.9 Å². The molecule has 0 N–H and O–H groups in total. The predicted octanol–water partition coefficient (Wildman–Crippen LogP) is 1.55. The van der Waals surface area contributed by atoms with Crippen LogP contribution in [0.1, 0.15) is 13.3 Å². The van der Waals surface area contributed by atoms with Gasteiger partial charge in [-0.2, -0.15) is 0 Å². The average molecular weight is 248 g/mol. The van der Waals surface area contributed by atoms with Crippen molar-refractivity contribution < 1.29 is 4.39 Å². The maximum Gasteiger partial charge on any atom is 0.320 e. The molecular formula is C13H13FN2O2. The summed E-state index contributed by atoms with van der Waals surface area (Å²) in [5, 5.41) is 0. The Labute approximate surface area is 103 Å². The van der Waals surface area contributed by atoms with E-state index in [9.17, 15) is 14.0 Å². The molecule has 1 aromatic heterocycles. The third kappa shape index (κ3) is 2.25. The molecule has 0 spiro atoms. The first-order valence-corrected chi connectivity index (χ1v) is 5.71. The molecule has 0 saturated heterocycles. The Morgan fingerprint density at radius 1 is 1.17 bits per heavy atom. The second kappa shape index (κ2) is 5.00. The zero-order chi connectivity index (χ0) is 13.1. The second-order valence-electron chi connectivity index (χ2n) is 3.95. The van der Waals surface area contributed by atoms with Crippen LogP contribution in [-0.4, -0.2) is 9.13 Å². The molecule has 2 aromatic rings. The lowest BCUT2D eigenvalue weighted by atomic mass is 10.3.